The molecule has 2 rings (SSSR count). The molecule has 1 heterocycles. The molecular weight excluding hydrogens is 270 g/mol. The quantitative estimate of drug-likeness (QED) is 0.786. The summed E-state index contributed by atoms with van der Waals surface area (Å²) < 4.78 is 0. The molecule has 21 heavy (non-hydrogen) atoms. The van der Waals surface area contributed by atoms with E-state index in [1.807, 2.05) is 0 Å². The van der Waals surface area contributed by atoms with Crippen LogP contribution in [0.2, 0.25) is 0 Å². The Kier molecular flexibility index (Phi) is 4.36. The number of amides is 2. The molecule has 0 spiro atoms. The van der Waals surface area contributed by atoms with Crippen LogP contribution in [0.4, 0.5) is 5.69 Å². The zero-order chi connectivity index (χ0) is 15.4. The molecule has 0 radical (unpaired) electrons. The normalized spacial score (nSPS) is 15.7. The summed E-state index contributed by atoms with van der Waals surface area (Å²) in [6.07, 6.45) is 1.21. The Labute approximate surface area is 122 Å². The smallest absolute Gasteiger partial charge is 0.277 e. The van der Waals surface area contributed by atoms with Gasteiger partial charge < -0.3 is 10.4 Å². The van der Waals surface area contributed by atoms with Crippen molar-refractivity contribution >= 4 is 17.5 Å². The molecule has 1 aliphatic rings. The fraction of sp³-hybridized carbons (Fsp3) is 0.267. The minimum absolute atomic E-state index is 0.0159. The van der Waals surface area contributed by atoms with Gasteiger partial charge in [0.25, 0.3) is 11.8 Å². The van der Waals surface area contributed by atoms with E-state index in [9.17, 15) is 9.59 Å². The van der Waals surface area contributed by atoms with Crippen LogP contribution in [0.5, 0.6) is 0 Å². The second kappa shape index (κ2) is 6.20. The van der Waals surface area contributed by atoms with Crippen LogP contribution in [-0.4, -0.2) is 35.0 Å². The van der Waals surface area contributed by atoms with Crippen molar-refractivity contribution in [3.05, 3.63) is 41.6 Å². The molecule has 2 N–H and O–H groups in total. The van der Waals surface area contributed by atoms with Gasteiger partial charge in [-0.05, 0) is 24.6 Å². The van der Waals surface area contributed by atoms with E-state index in [0.717, 1.165) is 10.5 Å². The lowest BCUT2D eigenvalue weighted by Crippen LogP contribution is -2.34. The largest absolute Gasteiger partial charge is 0.395 e. The Balaban J connectivity index is 2.09. The third-order valence-electron chi connectivity index (χ3n) is 3.22. The maximum absolute atomic E-state index is 12.0. The molecule has 0 aromatic heterocycles. The third kappa shape index (κ3) is 3.09. The third-order valence-corrected chi connectivity index (χ3v) is 3.22. The first kappa shape index (κ1) is 14.8. The number of β-amino-alcohol motifs (C(OH)–C–C–N with tert-alkyl or cyclic N) is 1. The van der Waals surface area contributed by atoms with E-state index in [1.54, 1.807) is 31.2 Å². The Bertz CT molecular complexity index is 629. The molecule has 1 unspecified atom stereocenters. The highest BCUT2D eigenvalue weighted by Crippen LogP contribution is 2.20. The number of nitriles is 1. The highest BCUT2D eigenvalue weighted by atomic mass is 16.3. The van der Waals surface area contributed by atoms with E-state index in [2.05, 4.69) is 11.4 Å². The molecule has 108 valence electrons. The summed E-state index contributed by atoms with van der Waals surface area (Å²) in [4.78, 5) is 24.5. The summed E-state index contributed by atoms with van der Waals surface area (Å²) in [5.41, 5.74) is 1.71. The first-order chi connectivity index (χ1) is 10.1. The van der Waals surface area contributed by atoms with E-state index in [-0.39, 0.29) is 24.8 Å². The summed E-state index contributed by atoms with van der Waals surface area (Å²) in [7, 11) is 0. The minimum Gasteiger partial charge on any atom is -0.395 e. The van der Waals surface area contributed by atoms with Crippen molar-refractivity contribution in [2.24, 2.45) is 0 Å². The first-order valence-electron chi connectivity index (χ1n) is 6.51. The molecule has 0 saturated heterocycles. The van der Waals surface area contributed by atoms with Gasteiger partial charge in [-0.15, -0.1) is 0 Å². The number of aliphatic hydroxyl groups is 1. The lowest BCUT2D eigenvalue weighted by Gasteiger charge is -2.13. The number of nitrogens with zero attached hydrogens (tertiary/aromatic N) is 2. The maximum atomic E-state index is 12.0. The summed E-state index contributed by atoms with van der Waals surface area (Å²) in [5, 5.41) is 20.6. The van der Waals surface area contributed by atoms with Crippen molar-refractivity contribution in [3.63, 3.8) is 0 Å². The summed E-state index contributed by atoms with van der Waals surface area (Å²) in [5.74, 6) is -1.09. The summed E-state index contributed by atoms with van der Waals surface area (Å²) in [6.45, 7) is 1.52. The van der Waals surface area contributed by atoms with Crippen LogP contribution in [0.1, 0.15) is 18.4 Å². The molecular formula is C15H15N3O3. The molecule has 0 saturated carbocycles. The molecule has 0 bridgehead atoms. The Morgan fingerprint density at radius 2 is 2.00 bits per heavy atom. The van der Waals surface area contributed by atoms with Crippen molar-refractivity contribution in [3.8, 4) is 6.07 Å². The van der Waals surface area contributed by atoms with E-state index < -0.39 is 11.8 Å². The standard InChI is InChI=1S/C15H15N3O3/c1-10(9-16)11-2-4-12(5-3-11)17-13-8-14(20)18(6-7-19)15(13)21/h2-5,8,10,17,19H,6-7H2,1H3. The molecule has 0 aliphatic carbocycles. The fourth-order valence-corrected chi connectivity index (χ4v) is 2.00. The number of nitrogens with one attached hydrogen (secondary N) is 1. The number of anilines is 1. The Morgan fingerprint density at radius 3 is 2.57 bits per heavy atom. The number of carbonyl (C=O) groups is 2. The van der Waals surface area contributed by atoms with Crippen molar-refractivity contribution < 1.29 is 14.7 Å². The van der Waals surface area contributed by atoms with Gasteiger partial charge in [0.1, 0.15) is 5.70 Å². The van der Waals surface area contributed by atoms with Crippen LogP contribution in [0.25, 0.3) is 0 Å². The molecule has 2 amide bonds. The van der Waals surface area contributed by atoms with Crippen LogP contribution in [-0.2, 0) is 9.59 Å². The first-order valence-corrected chi connectivity index (χ1v) is 6.51. The van der Waals surface area contributed by atoms with Crippen LogP contribution < -0.4 is 5.32 Å². The van der Waals surface area contributed by atoms with Crippen LogP contribution in [0.3, 0.4) is 0 Å². The predicted octanol–water partition coefficient (Wildman–Crippen LogP) is 0.971. The zero-order valence-electron chi connectivity index (χ0n) is 11.5. The summed E-state index contributed by atoms with van der Waals surface area (Å²) >= 11 is 0. The number of hydrogen-bond acceptors (Lipinski definition) is 5. The molecule has 1 aromatic rings. The van der Waals surface area contributed by atoms with Gasteiger partial charge >= 0.3 is 0 Å². The van der Waals surface area contributed by atoms with Crippen LogP contribution in [0.15, 0.2) is 36.0 Å². The zero-order valence-corrected chi connectivity index (χ0v) is 11.5. The van der Waals surface area contributed by atoms with Gasteiger partial charge in [0.05, 0.1) is 25.1 Å². The lowest BCUT2D eigenvalue weighted by molar-refractivity contribution is -0.137. The number of imide groups is 1. The number of benzene rings is 1. The van der Waals surface area contributed by atoms with Crippen molar-refractivity contribution in [1.29, 1.82) is 5.26 Å². The number of rotatable bonds is 5. The van der Waals surface area contributed by atoms with Crippen LogP contribution in [0, 0.1) is 11.3 Å². The second-order valence-corrected chi connectivity index (χ2v) is 4.67. The molecule has 6 heteroatoms. The van der Waals surface area contributed by atoms with Gasteiger partial charge in [0, 0.05) is 11.8 Å². The topological polar surface area (TPSA) is 93.4 Å². The number of hydrogen-bond donors (Lipinski definition) is 2. The highest BCUT2D eigenvalue weighted by molar-refractivity contribution is 6.17. The SMILES string of the molecule is CC(C#N)c1ccc(NC2=CC(=O)N(CCO)C2=O)cc1. The monoisotopic (exact) mass is 285 g/mol. The van der Waals surface area contributed by atoms with E-state index in [0.29, 0.717) is 5.69 Å². The average molecular weight is 285 g/mol. The molecule has 1 aliphatic heterocycles. The van der Waals surface area contributed by atoms with Gasteiger partial charge in [-0.3, -0.25) is 14.5 Å². The minimum atomic E-state index is -0.455. The van der Waals surface area contributed by atoms with E-state index >= 15 is 0 Å². The Morgan fingerprint density at radius 1 is 1.33 bits per heavy atom. The van der Waals surface area contributed by atoms with E-state index in [4.69, 9.17) is 10.4 Å². The highest BCUT2D eigenvalue weighted by Gasteiger charge is 2.30. The Hall–Kier alpha value is -2.65. The summed E-state index contributed by atoms with van der Waals surface area (Å²) in [6, 6.07) is 9.23. The van der Waals surface area contributed by atoms with Crippen molar-refractivity contribution in [1.82, 2.24) is 4.90 Å². The van der Waals surface area contributed by atoms with Crippen molar-refractivity contribution in [2.75, 3.05) is 18.5 Å². The van der Waals surface area contributed by atoms with Gasteiger partial charge in [0.2, 0.25) is 0 Å². The molecule has 1 aromatic carbocycles. The maximum Gasteiger partial charge on any atom is 0.277 e. The molecule has 6 nitrogen and oxygen atoms in total. The van der Waals surface area contributed by atoms with Gasteiger partial charge in [0.15, 0.2) is 0 Å². The van der Waals surface area contributed by atoms with Crippen LogP contribution >= 0.6 is 0 Å². The van der Waals surface area contributed by atoms with Gasteiger partial charge in [-0.1, -0.05) is 12.1 Å². The van der Waals surface area contributed by atoms with Gasteiger partial charge in [-0.25, -0.2) is 0 Å². The molecule has 0 fully saturated rings. The second-order valence-electron chi connectivity index (χ2n) is 4.67. The lowest BCUT2D eigenvalue weighted by atomic mass is 10.0. The number of aliphatic hydroxyl groups excluding tert-OH is 1. The van der Waals surface area contributed by atoms with E-state index in [1.165, 1.54) is 6.08 Å². The molecule has 1 atom stereocenters. The predicted molar refractivity (Wildman–Crippen MR) is 76.0 cm³/mol. The van der Waals surface area contributed by atoms with Gasteiger partial charge in [-0.2, -0.15) is 5.26 Å². The average Bonchev–Trinajstić information content (AvgIpc) is 2.75. The van der Waals surface area contributed by atoms with Crippen molar-refractivity contribution in [2.45, 2.75) is 12.8 Å². The number of carbonyl (C=O) groups excluding carboxylic acids is 2. The fourth-order valence-electron chi connectivity index (χ4n) is 2.00.